The Hall–Kier alpha value is -0.940. The third-order valence-electron chi connectivity index (χ3n) is 4.05. The van der Waals surface area contributed by atoms with Gasteiger partial charge in [0.15, 0.2) is 9.84 Å². The first-order chi connectivity index (χ1) is 8.25. The van der Waals surface area contributed by atoms with Gasteiger partial charge in [0.05, 0.1) is 10.9 Å². The molecule has 0 spiro atoms. The van der Waals surface area contributed by atoms with Gasteiger partial charge in [-0.05, 0) is 38.3 Å². The Morgan fingerprint density at radius 2 is 2.17 bits per heavy atom. The van der Waals surface area contributed by atoms with Crippen LogP contribution in [0.3, 0.4) is 0 Å². The van der Waals surface area contributed by atoms with E-state index >= 15 is 0 Å². The monoisotopic (exact) mass is 269 g/mol. The molecule has 0 saturated heterocycles. The molecule has 2 atom stereocenters. The molecule has 4 nitrogen and oxygen atoms in total. The Morgan fingerprint density at radius 1 is 1.50 bits per heavy atom. The molecule has 1 N–H and O–H groups in total. The fourth-order valence-corrected chi connectivity index (χ4v) is 3.06. The van der Waals surface area contributed by atoms with E-state index in [1.807, 2.05) is 12.1 Å². The summed E-state index contributed by atoms with van der Waals surface area (Å²) in [5, 5.41) is 10.4. The lowest BCUT2D eigenvalue weighted by atomic mass is 9.90. The van der Waals surface area contributed by atoms with Crippen LogP contribution >= 0.6 is 0 Å². The Balaban J connectivity index is 2.36. The van der Waals surface area contributed by atoms with Gasteiger partial charge in [-0.15, -0.1) is 0 Å². The van der Waals surface area contributed by atoms with E-state index in [0.29, 0.717) is 0 Å². The number of nitrogens with zero attached hydrogens (tertiary/aromatic N) is 1. The minimum atomic E-state index is -3.32. The van der Waals surface area contributed by atoms with Crippen molar-refractivity contribution >= 4 is 9.84 Å². The number of hydrogen-bond acceptors (Lipinski definition) is 4. The lowest BCUT2D eigenvalue weighted by Crippen LogP contribution is -2.46. The summed E-state index contributed by atoms with van der Waals surface area (Å²) >= 11 is 0. The first kappa shape index (κ1) is 13.5. The van der Waals surface area contributed by atoms with Gasteiger partial charge in [-0.2, -0.15) is 0 Å². The van der Waals surface area contributed by atoms with Crippen molar-refractivity contribution in [1.82, 2.24) is 4.98 Å². The predicted molar refractivity (Wildman–Crippen MR) is 70.2 cm³/mol. The normalized spacial score (nSPS) is 21.7. The minimum Gasteiger partial charge on any atom is -0.391 e. The maximum absolute atomic E-state index is 11.8. The highest BCUT2D eigenvalue weighted by Gasteiger charge is 2.44. The van der Waals surface area contributed by atoms with Crippen LogP contribution in [-0.2, 0) is 16.3 Å². The smallest absolute Gasteiger partial charge is 0.155 e. The van der Waals surface area contributed by atoms with Gasteiger partial charge in [0.2, 0.25) is 0 Å². The summed E-state index contributed by atoms with van der Waals surface area (Å²) in [5.74, 6) is -0.189. The van der Waals surface area contributed by atoms with Crippen LogP contribution in [0, 0.1) is 0 Å². The zero-order valence-corrected chi connectivity index (χ0v) is 11.7. The van der Waals surface area contributed by atoms with E-state index < -0.39 is 20.7 Å². The van der Waals surface area contributed by atoms with Gasteiger partial charge in [-0.25, -0.2) is 8.42 Å². The second-order valence-electron chi connectivity index (χ2n) is 5.51. The molecule has 1 heterocycles. The molecule has 100 valence electrons. The van der Waals surface area contributed by atoms with Gasteiger partial charge in [-0.3, -0.25) is 4.98 Å². The quantitative estimate of drug-likeness (QED) is 0.898. The van der Waals surface area contributed by atoms with E-state index in [1.54, 1.807) is 20.0 Å². The maximum atomic E-state index is 11.8. The van der Waals surface area contributed by atoms with Gasteiger partial charge >= 0.3 is 0 Å². The summed E-state index contributed by atoms with van der Waals surface area (Å²) in [4.78, 5) is 4.30. The SMILES string of the molecule is CC(C)(C(O)C1CCc2cccnc21)S(C)(=O)=O. The molecule has 1 aliphatic carbocycles. The number of fused-ring (bicyclic) bond motifs is 1. The molecule has 2 rings (SSSR count). The first-order valence-corrected chi connectivity index (χ1v) is 7.95. The van der Waals surface area contributed by atoms with Crippen molar-refractivity contribution in [3.05, 3.63) is 29.6 Å². The van der Waals surface area contributed by atoms with Crippen LogP contribution in [0.4, 0.5) is 0 Å². The first-order valence-electron chi connectivity index (χ1n) is 6.06. The third-order valence-corrected chi connectivity index (χ3v) is 6.20. The highest BCUT2D eigenvalue weighted by atomic mass is 32.2. The predicted octanol–water partition coefficient (Wildman–Crippen LogP) is 1.30. The molecule has 0 aliphatic heterocycles. The van der Waals surface area contributed by atoms with E-state index in [4.69, 9.17) is 0 Å². The average molecular weight is 269 g/mol. The van der Waals surface area contributed by atoms with E-state index in [-0.39, 0.29) is 5.92 Å². The second kappa shape index (κ2) is 4.31. The molecular formula is C13H19NO3S. The van der Waals surface area contributed by atoms with Crippen molar-refractivity contribution in [1.29, 1.82) is 0 Å². The van der Waals surface area contributed by atoms with Gasteiger partial charge in [-0.1, -0.05) is 6.07 Å². The molecule has 0 saturated carbocycles. The van der Waals surface area contributed by atoms with Crippen LogP contribution in [0.5, 0.6) is 0 Å². The van der Waals surface area contributed by atoms with Crippen LogP contribution in [0.15, 0.2) is 18.3 Å². The summed E-state index contributed by atoms with van der Waals surface area (Å²) in [7, 11) is -3.32. The molecule has 2 unspecified atom stereocenters. The van der Waals surface area contributed by atoms with Crippen molar-refractivity contribution in [2.75, 3.05) is 6.26 Å². The van der Waals surface area contributed by atoms with Crippen molar-refractivity contribution in [3.63, 3.8) is 0 Å². The van der Waals surface area contributed by atoms with Crippen LogP contribution in [0.25, 0.3) is 0 Å². The highest BCUT2D eigenvalue weighted by molar-refractivity contribution is 7.92. The standard InChI is InChI=1S/C13H19NO3S/c1-13(2,18(3,16)17)12(15)10-7-6-9-5-4-8-14-11(9)10/h4-5,8,10,12,15H,6-7H2,1-3H3. The van der Waals surface area contributed by atoms with Crippen LogP contribution in [0.2, 0.25) is 0 Å². The fraction of sp³-hybridized carbons (Fsp3) is 0.615. The van der Waals surface area contributed by atoms with Gasteiger partial charge in [0.25, 0.3) is 0 Å². The number of sulfone groups is 1. The fourth-order valence-electron chi connectivity index (χ4n) is 2.46. The van der Waals surface area contributed by atoms with Crippen molar-refractivity contribution in [2.45, 2.75) is 43.5 Å². The number of aryl methyl sites for hydroxylation is 1. The number of aliphatic hydroxyl groups is 1. The van der Waals surface area contributed by atoms with Crippen LogP contribution < -0.4 is 0 Å². The van der Waals surface area contributed by atoms with E-state index in [0.717, 1.165) is 24.1 Å². The topological polar surface area (TPSA) is 67.3 Å². The molecule has 0 bridgehead atoms. The van der Waals surface area contributed by atoms with Crippen molar-refractivity contribution < 1.29 is 13.5 Å². The molecular weight excluding hydrogens is 250 g/mol. The zero-order valence-electron chi connectivity index (χ0n) is 10.9. The molecule has 18 heavy (non-hydrogen) atoms. The number of pyridine rings is 1. The van der Waals surface area contributed by atoms with E-state index in [1.165, 1.54) is 6.26 Å². The van der Waals surface area contributed by atoms with E-state index in [9.17, 15) is 13.5 Å². The number of aromatic nitrogens is 1. The molecule has 5 heteroatoms. The molecule has 0 radical (unpaired) electrons. The highest BCUT2D eigenvalue weighted by Crippen LogP contribution is 2.39. The largest absolute Gasteiger partial charge is 0.391 e. The van der Waals surface area contributed by atoms with Gasteiger partial charge < -0.3 is 5.11 Å². The third kappa shape index (κ3) is 2.06. The second-order valence-corrected chi connectivity index (χ2v) is 8.11. The molecule has 0 amide bonds. The molecule has 0 aromatic carbocycles. The summed E-state index contributed by atoms with van der Waals surface area (Å²) in [6.07, 6.45) is 3.54. The minimum absolute atomic E-state index is 0.189. The van der Waals surface area contributed by atoms with Crippen molar-refractivity contribution in [2.24, 2.45) is 0 Å². The maximum Gasteiger partial charge on any atom is 0.155 e. The summed E-state index contributed by atoms with van der Waals surface area (Å²) in [5.41, 5.74) is 1.97. The number of rotatable bonds is 3. The van der Waals surface area contributed by atoms with Crippen LogP contribution in [0.1, 0.15) is 37.4 Å². The Morgan fingerprint density at radius 3 is 2.78 bits per heavy atom. The average Bonchev–Trinajstić information content (AvgIpc) is 2.70. The van der Waals surface area contributed by atoms with Gasteiger partial charge in [0, 0.05) is 24.1 Å². The zero-order chi connectivity index (χ0) is 13.6. The summed E-state index contributed by atoms with van der Waals surface area (Å²) < 4.78 is 22.4. The molecule has 1 aromatic rings. The lowest BCUT2D eigenvalue weighted by Gasteiger charge is -2.32. The molecule has 0 fully saturated rings. The molecule has 1 aliphatic rings. The Bertz CT molecular complexity index is 551. The Kier molecular flexibility index (Phi) is 3.23. The van der Waals surface area contributed by atoms with Crippen LogP contribution in [-0.4, -0.2) is 35.6 Å². The molecule has 1 aromatic heterocycles. The summed E-state index contributed by atoms with van der Waals surface area (Å²) in [6, 6.07) is 3.86. The van der Waals surface area contributed by atoms with Crippen molar-refractivity contribution in [3.8, 4) is 0 Å². The number of aliphatic hydroxyl groups excluding tert-OH is 1. The van der Waals surface area contributed by atoms with Gasteiger partial charge in [0.1, 0.15) is 0 Å². The lowest BCUT2D eigenvalue weighted by molar-refractivity contribution is 0.107. The Labute approximate surface area is 108 Å². The summed E-state index contributed by atoms with van der Waals surface area (Å²) in [6.45, 7) is 3.15. The van der Waals surface area contributed by atoms with E-state index in [2.05, 4.69) is 4.98 Å². The number of hydrogen-bond donors (Lipinski definition) is 1.